The van der Waals surface area contributed by atoms with Crippen molar-refractivity contribution in [2.45, 2.75) is 25.3 Å². The molecule has 1 aliphatic carbocycles. The second-order valence-corrected chi connectivity index (χ2v) is 6.12. The maximum absolute atomic E-state index is 14.2. The highest BCUT2D eigenvalue weighted by Crippen LogP contribution is 2.43. The highest BCUT2D eigenvalue weighted by molar-refractivity contribution is 6.31. The van der Waals surface area contributed by atoms with Crippen LogP contribution in [0.1, 0.15) is 30.9 Å². The van der Waals surface area contributed by atoms with Crippen LogP contribution >= 0.6 is 11.6 Å². The molecule has 1 aromatic carbocycles. The molecular formula is C15H19ClF2N2. The number of benzene rings is 1. The summed E-state index contributed by atoms with van der Waals surface area (Å²) in [4.78, 5) is 2.23. The van der Waals surface area contributed by atoms with Gasteiger partial charge in [0.2, 0.25) is 0 Å². The van der Waals surface area contributed by atoms with E-state index in [-0.39, 0.29) is 16.9 Å². The predicted molar refractivity (Wildman–Crippen MR) is 75.9 cm³/mol. The van der Waals surface area contributed by atoms with E-state index in [0.29, 0.717) is 11.5 Å². The minimum atomic E-state index is -0.529. The molecule has 0 spiro atoms. The zero-order chi connectivity index (χ0) is 14.1. The summed E-state index contributed by atoms with van der Waals surface area (Å²) in [5.41, 5.74) is 0.348. The zero-order valence-electron chi connectivity index (χ0n) is 11.3. The van der Waals surface area contributed by atoms with Crippen molar-refractivity contribution in [3.63, 3.8) is 0 Å². The Balaban J connectivity index is 1.93. The molecule has 0 radical (unpaired) electrons. The van der Waals surface area contributed by atoms with Gasteiger partial charge in [-0.05, 0) is 24.5 Å². The molecule has 0 aromatic heterocycles. The van der Waals surface area contributed by atoms with Crippen molar-refractivity contribution in [3.8, 4) is 0 Å². The molecule has 1 atom stereocenters. The van der Waals surface area contributed by atoms with Gasteiger partial charge in [0.25, 0.3) is 0 Å². The Hall–Kier alpha value is -0.710. The molecule has 0 amide bonds. The Kier molecular flexibility index (Phi) is 4.24. The van der Waals surface area contributed by atoms with Gasteiger partial charge in [-0.1, -0.05) is 24.4 Å². The highest BCUT2D eigenvalue weighted by Gasteiger charge is 2.33. The maximum atomic E-state index is 14.2. The lowest BCUT2D eigenvalue weighted by Gasteiger charge is -2.36. The van der Waals surface area contributed by atoms with Crippen LogP contribution in [0.15, 0.2) is 12.1 Å². The monoisotopic (exact) mass is 300 g/mol. The summed E-state index contributed by atoms with van der Waals surface area (Å²) >= 11 is 6.06. The third-order valence-corrected chi connectivity index (χ3v) is 4.64. The molecule has 1 saturated carbocycles. The van der Waals surface area contributed by atoms with E-state index in [9.17, 15) is 8.78 Å². The average molecular weight is 301 g/mol. The van der Waals surface area contributed by atoms with Crippen LogP contribution < -0.4 is 5.32 Å². The van der Waals surface area contributed by atoms with Crippen molar-refractivity contribution < 1.29 is 8.78 Å². The second kappa shape index (κ2) is 5.96. The highest BCUT2D eigenvalue weighted by atomic mass is 35.5. The number of nitrogens with one attached hydrogen (secondary N) is 1. The van der Waals surface area contributed by atoms with Crippen molar-refractivity contribution in [3.05, 3.63) is 34.4 Å². The summed E-state index contributed by atoms with van der Waals surface area (Å²) in [6, 6.07) is 2.19. The quantitative estimate of drug-likeness (QED) is 0.858. The predicted octanol–water partition coefficient (Wildman–Crippen LogP) is 3.36. The normalized spacial score (nSPS) is 21.9. The van der Waals surface area contributed by atoms with E-state index in [4.69, 9.17) is 11.6 Å². The molecule has 1 saturated heterocycles. The van der Waals surface area contributed by atoms with Crippen LogP contribution in [0.25, 0.3) is 0 Å². The first kappa shape index (κ1) is 14.2. The lowest BCUT2D eigenvalue weighted by atomic mass is 9.97. The van der Waals surface area contributed by atoms with Crippen molar-refractivity contribution in [2.75, 3.05) is 26.2 Å². The van der Waals surface area contributed by atoms with Gasteiger partial charge >= 0.3 is 0 Å². The smallest absolute Gasteiger partial charge is 0.142 e. The number of halogens is 3. The van der Waals surface area contributed by atoms with Crippen LogP contribution in [0.3, 0.4) is 0 Å². The topological polar surface area (TPSA) is 15.3 Å². The molecule has 2 aliphatic rings. The minimum Gasteiger partial charge on any atom is -0.314 e. The zero-order valence-corrected chi connectivity index (χ0v) is 12.1. The molecule has 2 nitrogen and oxygen atoms in total. The van der Waals surface area contributed by atoms with E-state index >= 15 is 0 Å². The largest absolute Gasteiger partial charge is 0.314 e. The average Bonchev–Trinajstić information content (AvgIpc) is 3.27. The first-order valence-electron chi connectivity index (χ1n) is 7.25. The van der Waals surface area contributed by atoms with Gasteiger partial charge in [-0.25, -0.2) is 8.78 Å². The number of hydrogen-bond donors (Lipinski definition) is 1. The van der Waals surface area contributed by atoms with Crippen molar-refractivity contribution in [1.82, 2.24) is 10.2 Å². The van der Waals surface area contributed by atoms with Gasteiger partial charge in [0.05, 0.1) is 5.02 Å². The molecule has 2 fully saturated rings. The van der Waals surface area contributed by atoms with Crippen molar-refractivity contribution >= 4 is 11.6 Å². The van der Waals surface area contributed by atoms with E-state index in [1.54, 1.807) is 0 Å². The minimum absolute atomic E-state index is 0.0471. The van der Waals surface area contributed by atoms with Gasteiger partial charge < -0.3 is 5.32 Å². The third-order valence-electron chi connectivity index (χ3n) is 4.26. The summed E-state index contributed by atoms with van der Waals surface area (Å²) in [7, 11) is 0. The fraction of sp³-hybridized carbons (Fsp3) is 0.600. The fourth-order valence-corrected chi connectivity index (χ4v) is 3.24. The van der Waals surface area contributed by atoms with E-state index in [1.165, 1.54) is 18.9 Å². The Morgan fingerprint density at radius 2 is 1.85 bits per heavy atom. The summed E-state index contributed by atoms with van der Waals surface area (Å²) in [6.07, 6.45) is 3.26. The van der Waals surface area contributed by atoms with Crippen LogP contribution in [0, 0.1) is 17.6 Å². The maximum Gasteiger partial charge on any atom is 0.142 e. The SMILES string of the molecule is Fc1ccc(F)c([C@@H](CC2CC2)N2CCNCC2)c1Cl. The molecule has 0 unspecified atom stereocenters. The van der Waals surface area contributed by atoms with Crippen LogP contribution in [-0.2, 0) is 0 Å². The molecular weight excluding hydrogens is 282 g/mol. The summed E-state index contributed by atoms with van der Waals surface area (Å²) in [5, 5.41) is 3.24. The third kappa shape index (κ3) is 2.97. The molecule has 1 N–H and O–H groups in total. The van der Waals surface area contributed by atoms with Gasteiger partial charge in [-0.2, -0.15) is 0 Å². The molecule has 1 heterocycles. The lowest BCUT2D eigenvalue weighted by Crippen LogP contribution is -2.45. The summed E-state index contributed by atoms with van der Waals surface area (Å²) in [6.45, 7) is 3.47. The van der Waals surface area contributed by atoms with Crippen molar-refractivity contribution in [1.29, 1.82) is 0 Å². The van der Waals surface area contributed by atoms with E-state index in [0.717, 1.165) is 38.7 Å². The Morgan fingerprint density at radius 3 is 2.50 bits per heavy atom. The molecule has 1 aliphatic heterocycles. The van der Waals surface area contributed by atoms with Crippen LogP contribution in [0.5, 0.6) is 0 Å². The van der Waals surface area contributed by atoms with Crippen LogP contribution in [0.4, 0.5) is 8.78 Å². The number of hydrogen-bond acceptors (Lipinski definition) is 2. The molecule has 110 valence electrons. The molecule has 0 bridgehead atoms. The Labute approximate surface area is 123 Å². The van der Waals surface area contributed by atoms with E-state index in [2.05, 4.69) is 10.2 Å². The van der Waals surface area contributed by atoms with Crippen LogP contribution in [0.2, 0.25) is 5.02 Å². The summed E-state index contributed by atoms with van der Waals surface area (Å²) in [5.74, 6) is -0.284. The van der Waals surface area contributed by atoms with Gasteiger partial charge in [0.1, 0.15) is 11.6 Å². The molecule has 3 rings (SSSR count). The molecule has 5 heteroatoms. The van der Waals surface area contributed by atoms with Gasteiger partial charge in [0, 0.05) is 37.8 Å². The number of piperazine rings is 1. The number of nitrogens with zero attached hydrogens (tertiary/aromatic N) is 1. The summed E-state index contributed by atoms with van der Waals surface area (Å²) < 4.78 is 27.9. The fourth-order valence-electron chi connectivity index (χ4n) is 2.96. The first-order valence-corrected chi connectivity index (χ1v) is 7.63. The Bertz CT molecular complexity index is 485. The van der Waals surface area contributed by atoms with Crippen LogP contribution in [-0.4, -0.2) is 31.1 Å². The molecule has 1 aromatic rings. The Morgan fingerprint density at radius 1 is 1.20 bits per heavy atom. The van der Waals surface area contributed by atoms with Gasteiger partial charge in [-0.15, -0.1) is 0 Å². The second-order valence-electron chi connectivity index (χ2n) is 5.74. The lowest BCUT2D eigenvalue weighted by molar-refractivity contribution is 0.157. The molecule has 20 heavy (non-hydrogen) atoms. The van der Waals surface area contributed by atoms with Crippen molar-refractivity contribution in [2.24, 2.45) is 5.92 Å². The standard InChI is InChI=1S/C15H19ClF2N2/c16-15-12(18)4-3-11(17)14(15)13(9-10-1-2-10)20-7-5-19-6-8-20/h3-4,10,13,19H,1-2,5-9H2/t13-/m1/s1. The van der Waals surface area contributed by atoms with Gasteiger partial charge in [0.15, 0.2) is 0 Å². The van der Waals surface area contributed by atoms with Gasteiger partial charge in [-0.3, -0.25) is 4.90 Å². The van der Waals surface area contributed by atoms with E-state index < -0.39 is 5.82 Å². The number of rotatable bonds is 4. The van der Waals surface area contributed by atoms with E-state index in [1.807, 2.05) is 0 Å². The first-order chi connectivity index (χ1) is 9.66.